The Morgan fingerprint density at radius 1 is 1.50 bits per heavy atom. The summed E-state index contributed by atoms with van der Waals surface area (Å²) in [6.45, 7) is 4.54. The third-order valence-corrected chi connectivity index (χ3v) is 2.77. The highest BCUT2D eigenvalue weighted by molar-refractivity contribution is 7.98. The molecule has 0 aromatic heterocycles. The van der Waals surface area contributed by atoms with Gasteiger partial charge in [-0.15, -0.1) is 0 Å². The Balaban J connectivity index is 3.60. The summed E-state index contributed by atoms with van der Waals surface area (Å²) >= 11 is 1.91. The van der Waals surface area contributed by atoms with E-state index in [1.54, 1.807) is 0 Å². The van der Waals surface area contributed by atoms with Gasteiger partial charge in [0.2, 0.25) is 0 Å². The zero-order chi connectivity index (χ0) is 9.40. The van der Waals surface area contributed by atoms with Crippen LogP contribution in [0.25, 0.3) is 0 Å². The molecule has 0 aliphatic heterocycles. The van der Waals surface area contributed by atoms with E-state index in [9.17, 15) is 0 Å². The van der Waals surface area contributed by atoms with Crippen molar-refractivity contribution in [3.05, 3.63) is 0 Å². The van der Waals surface area contributed by atoms with Crippen LogP contribution in [0.4, 0.5) is 0 Å². The molecule has 3 heteroatoms. The van der Waals surface area contributed by atoms with E-state index < -0.39 is 0 Å². The second-order valence-electron chi connectivity index (χ2n) is 3.09. The van der Waals surface area contributed by atoms with Gasteiger partial charge in [-0.3, -0.25) is 0 Å². The number of thioether (sulfide) groups is 1. The van der Waals surface area contributed by atoms with Crippen molar-refractivity contribution in [2.75, 3.05) is 39.2 Å². The first kappa shape index (κ1) is 12.3. The fraction of sp³-hybridized carbons (Fsp3) is 1.00. The number of nitrogens with one attached hydrogen (secondary N) is 1. The van der Waals surface area contributed by atoms with Crippen LogP contribution < -0.4 is 5.32 Å². The highest BCUT2D eigenvalue weighted by Crippen LogP contribution is 2.02. The smallest absolute Gasteiger partial charge is 0.0215 e. The van der Waals surface area contributed by atoms with E-state index in [-0.39, 0.29) is 0 Å². The van der Waals surface area contributed by atoms with E-state index in [0.717, 1.165) is 6.54 Å². The van der Waals surface area contributed by atoms with Crippen molar-refractivity contribution in [1.82, 2.24) is 10.2 Å². The Hall–Kier alpha value is 0.270. The van der Waals surface area contributed by atoms with Crippen LogP contribution in [0, 0.1) is 0 Å². The molecule has 0 saturated heterocycles. The van der Waals surface area contributed by atoms with Crippen LogP contribution in [0.3, 0.4) is 0 Å². The van der Waals surface area contributed by atoms with Crippen molar-refractivity contribution in [3.63, 3.8) is 0 Å². The van der Waals surface area contributed by atoms with E-state index in [1.807, 2.05) is 18.8 Å². The first-order valence-corrected chi connectivity index (χ1v) is 5.99. The Kier molecular flexibility index (Phi) is 8.07. The third-order valence-electron chi connectivity index (χ3n) is 2.18. The standard InChI is InChI=1S/C9H22N2S/c1-5-9(8-10-2)11(3)6-7-12-4/h9-10H,5-8H2,1-4H3. The number of nitrogens with zero attached hydrogens (tertiary/aromatic N) is 1. The van der Waals surface area contributed by atoms with Gasteiger partial charge in [0, 0.05) is 24.9 Å². The molecule has 0 radical (unpaired) electrons. The molecule has 0 aliphatic rings. The van der Waals surface area contributed by atoms with Gasteiger partial charge in [0.15, 0.2) is 0 Å². The fourth-order valence-corrected chi connectivity index (χ4v) is 1.74. The minimum atomic E-state index is 0.696. The van der Waals surface area contributed by atoms with Crippen LogP contribution in [0.1, 0.15) is 13.3 Å². The van der Waals surface area contributed by atoms with Crippen LogP contribution in [-0.2, 0) is 0 Å². The topological polar surface area (TPSA) is 15.3 Å². The second-order valence-corrected chi connectivity index (χ2v) is 4.08. The van der Waals surface area contributed by atoms with E-state index in [2.05, 4.69) is 30.4 Å². The molecule has 0 aliphatic carbocycles. The van der Waals surface area contributed by atoms with Crippen LogP contribution in [0.2, 0.25) is 0 Å². The molecule has 1 N–H and O–H groups in total. The summed E-state index contributed by atoms with van der Waals surface area (Å²) in [6, 6.07) is 0.696. The van der Waals surface area contributed by atoms with Crippen LogP contribution in [0.5, 0.6) is 0 Å². The zero-order valence-electron chi connectivity index (χ0n) is 8.76. The normalized spacial score (nSPS) is 13.8. The van der Waals surface area contributed by atoms with Gasteiger partial charge < -0.3 is 10.2 Å². The lowest BCUT2D eigenvalue weighted by Gasteiger charge is -2.26. The van der Waals surface area contributed by atoms with Crippen molar-refractivity contribution in [2.45, 2.75) is 19.4 Å². The molecular weight excluding hydrogens is 168 g/mol. The van der Waals surface area contributed by atoms with Gasteiger partial charge in [-0.25, -0.2) is 0 Å². The predicted octanol–water partition coefficient (Wildman–Crippen LogP) is 1.28. The van der Waals surface area contributed by atoms with Gasteiger partial charge in [0.1, 0.15) is 0 Å². The Morgan fingerprint density at radius 3 is 2.58 bits per heavy atom. The van der Waals surface area contributed by atoms with Crippen LogP contribution in [0.15, 0.2) is 0 Å². The molecular formula is C9H22N2S. The monoisotopic (exact) mass is 190 g/mol. The second kappa shape index (κ2) is 7.90. The molecule has 2 nitrogen and oxygen atoms in total. The molecule has 74 valence electrons. The number of hydrogen-bond acceptors (Lipinski definition) is 3. The highest BCUT2D eigenvalue weighted by atomic mass is 32.2. The first-order chi connectivity index (χ1) is 5.76. The highest BCUT2D eigenvalue weighted by Gasteiger charge is 2.09. The summed E-state index contributed by atoms with van der Waals surface area (Å²) < 4.78 is 0. The summed E-state index contributed by atoms with van der Waals surface area (Å²) in [5.74, 6) is 1.23. The van der Waals surface area contributed by atoms with Crippen molar-refractivity contribution < 1.29 is 0 Å². The van der Waals surface area contributed by atoms with Crippen molar-refractivity contribution in [2.24, 2.45) is 0 Å². The SMILES string of the molecule is CCC(CNC)N(C)CCSC. The predicted molar refractivity (Wildman–Crippen MR) is 59.0 cm³/mol. The van der Waals surface area contributed by atoms with E-state index in [0.29, 0.717) is 6.04 Å². The average molecular weight is 190 g/mol. The van der Waals surface area contributed by atoms with Crippen LogP contribution in [-0.4, -0.2) is 50.1 Å². The van der Waals surface area contributed by atoms with Gasteiger partial charge in [-0.2, -0.15) is 11.8 Å². The van der Waals surface area contributed by atoms with Gasteiger partial charge in [-0.05, 0) is 26.8 Å². The van der Waals surface area contributed by atoms with Crippen molar-refractivity contribution >= 4 is 11.8 Å². The quantitative estimate of drug-likeness (QED) is 0.651. The molecule has 0 bridgehead atoms. The fourth-order valence-electron chi connectivity index (χ4n) is 1.27. The summed E-state index contributed by atoms with van der Waals surface area (Å²) in [4.78, 5) is 2.44. The molecule has 12 heavy (non-hydrogen) atoms. The van der Waals surface area contributed by atoms with Gasteiger partial charge in [0.25, 0.3) is 0 Å². The van der Waals surface area contributed by atoms with Gasteiger partial charge >= 0.3 is 0 Å². The van der Waals surface area contributed by atoms with Crippen molar-refractivity contribution in [1.29, 1.82) is 0 Å². The number of hydrogen-bond donors (Lipinski definition) is 1. The molecule has 1 atom stereocenters. The lowest BCUT2D eigenvalue weighted by molar-refractivity contribution is 0.246. The summed E-state index contributed by atoms with van der Waals surface area (Å²) in [5, 5.41) is 3.23. The Labute approximate surface area is 81.1 Å². The van der Waals surface area contributed by atoms with E-state index >= 15 is 0 Å². The molecule has 0 spiro atoms. The third kappa shape index (κ3) is 5.01. The Morgan fingerprint density at radius 2 is 2.17 bits per heavy atom. The molecule has 0 fully saturated rings. The Bertz CT molecular complexity index is 98.5. The lowest BCUT2D eigenvalue weighted by Crippen LogP contribution is -2.39. The minimum absolute atomic E-state index is 0.696. The van der Waals surface area contributed by atoms with E-state index in [1.165, 1.54) is 18.7 Å². The number of rotatable bonds is 7. The first-order valence-electron chi connectivity index (χ1n) is 4.60. The maximum atomic E-state index is 3.23. The molecule has 0 amide bonds. The largest absolute Gasteiger partial charge is 0.318 e. The van der Waals surface area contributed by atoms with Gasteiger partial charge in [0.05, 0.1) is 0 Å². The molecule has 1 unspecified atom stereocenters. The molecule has 0 heterocycles. The molecule has 0 saturated carbocycles. The molecule has 0 aromatic carbocycles. The summed E-state index contributed by atoms with van der Waals surface area (Å²) in [6.07, 6.45) is 3.39. The minimum Gasteiger partial charge on any atom is -0.318 e. The average Bonchev–Trinajstić information content (AvgIpc) is 2.10. The maximum Gasteiger partial charge on any atom is 0.0215 e. The van der Waals surface area contributed by atoms with Crippen molar-refractivity contribution in [3.8, 4) is 0 Å². The van der Waals surface area contributed by atoms with Gasteiger partial charge in [-0.1, -0.05) is 6.92 Å². The summed E-state index contributed by atoms with van der Waals surface area (Å²) in [7, 11) is 4.23. The van der Waals surface area contributed by atoms with E-state index in [4.69, 9.17) is 0 Å². The molecule has 0 rings (SSSR count). The van der Waals surface area contributed by atoms with Crippen LogP contribution >= 0.6 is 11.8 Å². The lowest BCUT2D eigenvalue weighted by atomic mass is 10.2. The summed E-state index contributed by atoms with van der Waals surface area (Å²) in [5.41, 5.74) is 0. The zero-order valence-corrected chi connectivity index (χ0v) is 9.58. The number of likely N-dealkylation sites (N-methyl/N-ethyl adjacent to an activating group) is 2. The molecule has 0 aromatic rings. The maximum absolute atomic E-state index is 3.23.